The lowest BCUT2D eigenvalue weighted by Gasteiger charge is -2.10. The van der Waals surface area contributed by atoms with E-state index < -0.39 is 0 Å². The van der Waals surface area contributed by atoms with Crippen molar-refractivity contribution < 1.29 is 14.3 Å². The Morgan fingerprint density at radius 1 is 1.16 bits per heavy atom. The fourth-order valence-electron chi connectivity index (χ4n) is 2.75. The number of carbonyl (C=O) groups excluding carboxylic acids is 2. The molecule has 1 unspecified atom stereocenters. The Balaban J connectivity index is 0.00000225. The predicted octanol–water partition coefficient (Wildman–Crippen LogP) is 1.03. The molecule has 1 heterocycles. The first-order valence-electron chi connectivity index (χ1n) is 8.70. The van der Waals surface area contributed by atoms with Gasteiger partial charge in [0.15, 0.2) is 6.61 Å². The van der Waals surface area contributed by atoms with Gasteiger partial charge >= 0.3 is 0 Å². The highest BCUT2D eigenvalue weighted by molar-refractivity contribution is 5.85. The van der Waals surface area contributed by atoms with E-state index in [1.54, 1.807) is 0 Å². The molecule has 1 saturated carbocycles. The number of hydrogen-bond acceptors (Lipinski definition) is 4. The molecule has 0 radical (unpaired) electrons. The van der Waals surface area contributed by atoms with E-state index in [0.29, 0.717) is 18.3 Å². The Kier molecular flexibility index (Phi) is 7.52. The van der Waals surface area contributed by atoms with E-state index in [9.17, 15) is 9.59 Å². The van der Waals surface area contributed by atoms with Crippen LogP contribution >= 0.6 is 12.4 Å². The van der Waals surface area contributed by atoms with E-state index in [-0.39, 0.29) is 36.7 Å². The monoisotopic (exact) mass is 367 g/mol. The standard InChI is InChI=1S/C18H25N3O3.ClH/c22-17(21-15-3-4-15)12-24-16-5-1-13(2-6-16)7-10-20-18(23)14-8-9-19-11-14;/h1-2,5-6,14-15,19H,3-4,7-12H2,(H,20,23)(H,21,22);1H. The Morgan fingerprint density at radius 3 is 2.56 bits per heavy atom. The second-order valence-electron chi connectivity index (χ2n) is 6.51. The zero-order valence-electron chi connectivity index (χ0n) is 14.3. The number of nitrogens with one attached hydrogen (secondary N) is 3. The second-order valence-corrected chi connectivity index (χ2v) is 6.51. The molecular formula is C18H26ClN3O3. The van der Waals surface area contributed by atoms with Crippen molar-refractivity contribution in [1.29, 1.82) is 0 Å². The second kappa shape index (κ2) is 9.63. The topological polar surface area (TPSA) is 79.5 Å². The van der Waals surface area contributed by atoms with E-state index in [2.05, 4.69) is 16.0 Å². The van der Waals surface area contributed by atoms with Gasteiger partial charge in [0.25, 0.3) is 5.91 Å². The molecule has 2 amide bonds. The van der Waals surface area contributed by atoms with Gasteiger partial charge in [-0.1, -0.05) is 12.1 Å². The summed E-state index contributed by atoms with van der Waals surface area (Å²) < 4.78 is 5.47. The number of halogens is 1. The SMILES string of the molecule is Cl.O=C(COc1ccc(CCNC(=O)C2CCNC2)cc1)NC1CC1. The maximum Gasteiger partial charge on any atom is 0.258 e. The van der Waals surface area contributed by atoms with Crippen molar-refractivity contribution in [2.45, 2.75) is 31.7 Å². The van der Waals surface area contributed by atoms with Gasteiger partial charge in [0.1, 0.15) is 5.75 Å². The summed E-state index contributed by atoms with van der Waals surface area (Å²) in [6, 6.07) is 8.03. The first kappa shape index (κ1) is 19.5. The van der Waals surface area contributed by atoms with Gasteiger partial charge in [-0.3, -0.25) is 9.59 Å². The minimum absolute atomic E-state index is 0. The minimum atomic E-state index is -0.0642. The summed E-state index contributed by atoms with van der Waals surface area (Å²) in [7, 11) is 0. The van der Waals surface area contributed by atoms with Crippen LogP contribution < -0.4 is 20.7 Å². The van der Waals surface area contributed by atoms with Crippen LogP contribution in [0, 0.1) is 5.92 Å². The first-order valence-corrected chi connectivity index (χ1v) is 8.70. The van der Waals surface area contributed by atoms with Crippen LogP contribution in [0.3, 0.4) is 0 Å². The lowest BCUT2D eigenvalue weighted by Crippen LogP contribution is -2.33. The van der Waals surface area contributed by atoms with Gasteiger partial charge in [-0.25, -0.2) is 0 Å². The van der Waals surface area contributed by atoms with Crippen molar-refractivity contribution in [3.8, 4) is 5.75 Å². The molecule has 6 nitrogen and oxygen atoms in total. The van der Waals surface area contributed by atoms with E-state index in [0.717, 1.165) is 44.3 Å². The summed E-state index contributed by atoms with van der Waals surface area (Å²) in [5.74, 6) is 0.876. The van der Waals surface area contributed by atoms with Crippen LogP contribution in [0.2, 0.25) is 0 Å². The van der Waals surface area contributed by atoms with E-state index in [1.807, 2.05) is 24.3 Å². The van der Waals surface area contributed by atoms with Crippen molar-refractivity contribution in [1.82, 2.24) is 16.0 Å². The zero-order valence-corrected chi connectivity index (χ0v) is 15.1. The van der Waals surface area contributed by atoms with Gasteiger partial charge in [0.2, 0.25) is 5.91 Å². The third-order valence-electron chi connectivity index (χ3n) is 4.38. The average molecular weight is 368 g/mol. The molecule has 0 aromatic heterocycles. The third-order valence-corrected chi connectivity index (χ3v) is 4.38. The van der Waals surface area contributed by atoms with Crippen molar-refractivity contribution in [3.05, 3.63) is 29.8 Å². The molecule has 7 heteroatoms. The average Bonchev–Trinajstić information content (AvgIpc) is 3.23. The van der Waals surface area contributed by atoms with Crippen LogP contribution in [0.1, 0.15) is 24.8 Å². The molecule has 1 aliphatic heterocycles. The zero-order chi connectivity index (χ0) is 16.8. The quantitative estimate of drug-likeness (QED) is 0.641. The van der Waals surface area contributed by atoms with Crippen LogP contribution in [-0.4, -0.2) is 44.1 Å². The third kappa shape index (κ3) is 6.55. The van der Waals surface area contributed by atoms with Gasteiger partial charge in [-0.2, -0.15) is 0 Å². The summed E-state index contributed by atoms with van der Waals surface area (Å²) >= 11 is 0. The molecule has 2 fully saturated rings. The molecule has 138 valence electrons. The van der Waals surface area contributed by atoms with Gasteiger partial charge in [0.05, 0.1) is 5.92 Å². The fourth-order valence-corrected chi connectivity index (χ4v) is 2.75. The first-order chi connectivity index (χ1) is 11.7. The van der Waals surface area contributed by atoms with Gasteiger partial charge in [-0.15, -0.1) is 12.4 Å². The van der Waals surface area contributed by atoms with E-state index in [1.165, 1.54) is 0 Å². The molecule has 1 aromatic rings. The highest BCUT2D eigenvalue weighted by atomic mass is 35.5. The van der Waals surface area contributed by atoms with Gasteiger partial charge < -0.3 is 20.7 Å². The van der Waals surface area contributed by atoms with Crippen LogP contribution in [0.25, 0.3) is 0 Å². The normalized spacial score (nSPS) is 19.0. The number of amides is 2. The lowest BCUT2D eigenvalue weighted by atomic mass is 10.1. The molecule has 1 saturated heterocycles. The Bertz CT molecular complexity index is 569. The number of carbonyl (C=O) groups is 2. The van der Waals surface area contributed by atoms with Gasteiger partial charge in [-0.05, 0) is 49.9 Å². The minimum Gasteiger partial charge on any atom is -0.484 e. The van der Waals surface area contributed by atoms with Crippen molar-refractivity contribution in [2.75, 3.05) is 26.2 Å². The molecular weight excluding hydrogens is 342 g/mol. The molecule has 2 aliphatic rings. The van der Waals surface area contributed by atoms with E-state index in [4.69, 9.17) is 4.74 Å². The largest absolute Gasteiger partial charge is 0.484 e. The van der Waals surface area contributed by atoms with Crippen LogP contribution in [0.5, 0.6) is 5.75 Å². The smallest absolute Gasteiger partial charge is 0.258 e. The van der Waals surface area contributed by atoms with Crippen molar-refractivity contribution in [3.63, 3.8) is 0 Å². The molecule has 1 aliphatic carbocycles. The summed E-state index contributed by atoms with van der Waals surface area (Å²) in [5.41, 5.74) is 1.13. The van der Waals surface area contributed by atoms with Crippen LogP contribution in [0.4, 0.5) is 0 Å². The van der Waals surface area contributed by atoms with Crippen molar-refractivity contribution >= 4 is 24.2 Å². The summed E-state index contributed by atoms with van der Waals surface area (Å²) in [5, 5.41) is 9.08. The summed E-state index contributed by atoms with van der Waals surface area (Å²) in [4.78, 5) is 23.5. The molecule has 25 heavy (non-hydrogen) atoms. The molecule has 1 aromatic carbocycles. The summed E-state index contributed by atoms with van der Waals surface area (Å²) in [6.45, 7) is 2.41. The number of ether oxygens (including phenoxy) is 1. The maximum atomic E-state index is 11.9. The maximum absolute atomic E-state index is 11.9. The van der Waals surface area contributed by atoms with E-state index >= 15 is 0 Å². The van der Waals surface area contributed by atoms with Crippen LogP contribution in [-0.2, 0) is 16.0 Å². The van der Waals surface area contributed by atoms with Crippen LogP contribution in [0.15, 0.2) is 24.3 Å². The highest BCUT2D eigenvalue weighted by Gasteiger charge is 2.23. The molecule has 0 spiro atoms. The Hall–Kier alpha value is -1.79. The molecule has 3 rings (SSSR count). The van der Waals surface area contributed by atoms with Crippen molar-refractivity contribution in [2.24, 2.45) is 5.92 Å². The summed E-state index contributed by atoms with van der Waals surface area (Å²) in [6.07, 6.45) is 3.86. The number of benzene rings is 1. The molecule has 1 atom stereocenters. The van der Waals surface area contributed by atoms with Gasteiger partial charge in [0, 0.05) is 19.1 Å². The predicted molar refractivity (Wildman–Crippen MR) is 98.0 cm³/mol. The Morgan fingerprint density at radius 2 is 1.92 bits per heavy atom. The number of hydrogen-bond donors (Lipinski definition) is 3. The molecule has 3 N–H and O–H groups in total. The Labute approximate surface area is 154 Å². The molecule has 0 bridgehead atoms. The highest BCUT2D eigenvalue weighted by Crippen LogP contribution is 2.18. The lowest BCUT2D eigenvalue weighted by molar-refractivity contribution is -0.124. The fraction of sp³-hybridized carbons (Fsp3) is 0.556. The number of rotatable bonds is 8.